The van der Waals surface area contributed by atoms with E-state index in [9.17, 15) is 22.0 Å². The van der Waals surface area contributed by atoms with Gasteiger partial charge in [-0.3, -0.25) is 9.69 Å². The average Bonchev–Trinajstić information content (AvgIpc) is 3.34. The van der Waals surface area contributed by atoms with E-state index < -0.39 is 27.4 Å². The molecule has 4 rings (SSSR count). The summed E-state index contributed by atoms with van der Waals surface area (Å²) in [7, 11) is -3.41. The van der Waals surface area contributed by atoms with E-state index in [4.69, 9.17) is 4.42 Å². The van der Waals surface area contributed by atoms with Crippen LogP contribution in [-0.2, 0) is 16.4 Å². The molecule has 2 aromatic heterocycles. The molecule has 0 saturated heterocycles. The van der Waals surface area contributed by atoms with Gasteiger partial charge in [0, 0.05) is 17.9 Å². The van der Waals surface area contributed by atoms with Crippen LogP contribution in [0.3, 0.4) is 0 Å². The minimum absolute atomic E-state index is 0.00356. The molecule has 0 atom stereocenters. The predicted molar refractivity (Wildman–Crippen MR) is 108 cm³/mol. The molecular formula is C20H14F2N2O4S2. The molecule has 154 valence electrons. The number of anilines is 1. The third-order valence-corrected chi connectivity index (χ3v) is 6.46. The van der Waals surface area contributed by atoms with Gasteiger partial charge in [0.15, 0.2) is 20.8 Å². The summed E-state index contributed by atoms with van der Waals surface area (Å²) < 4.78 is 56.6. The molecule has 1 amide bonds. The molecule has 2 heterocycles. The van der Waals surface area contributed by atoms with Crippen LogP contribution >= 0.6 is 11.3 Å². The number of fused-ring (bicyclic) bond motifs is 1. The number of amides is 1. The zero-order valence-electron chi connectivity index (χ0n) is 15.5. The Balaban J connectivity index is 1.76. The van der Waals surface area contributed by atoms with E-state index in [1.165, 1.54) is 35.4 Å². The van der Waals surface area contributed by atoms with Gasteiger partial charge in [-0.1, -0.05) is 11.3 Å². The monoisotopic (exact) mass is 448 g/mol. The van der Waals surface area contributed by atoms with E-state index in [0.29, 0.717) is 5.76 Å². The van der Waals surface area contributed by atoms with E-state index in [1.807, 2.05) is 0 Å². The number of carbonyl (C=O) groups is 1. The largest absolute Gasteiger partial charge is 0.467 e. The molecule has 4 aromatic rings. The van der Waals surface area contributed by atoms with Crippen molar-refractivity contribution in [3.63, 3.8) is 0 Å². The molecule has 0 aliphatic heterocycles. The van der Waals surface area contributed by atoms with Crippen molar-refractivity contribution in [1.29, 1.82) is 0 Å². The number of halogens is 2. The zero-order chi connectivity index (χ0) is 21.5. The number of thiazole rings is 1. The molecule has 0 N–H and O–H groups in total. The molecule has 0 aliphatic carbocycles. The molecule has 0 bridgehead atoms. The van der Waals surface area contributed by atoms with E-state index in [2.05, 4.69) is 4.98 Å². The standard InChI is InChI=1S/C20H14F2N2O4S2/c1-30(26,27)15-6-4-12(5-7-15)19(25)24(11-14-3-2-8-28-14)20-23-18-16(22)9-13(21)10-17(18)29-20/h2-10H,11H2,1H3. The summed E-state index contributed by atoms with van der Waals surface area (Å²) in [6, 6.07) is 10.7. The van der Waals surface area contributed by atoms with Crippen molar-refractivity contribution in [2.24, 2.45) is 0 Å². The molecule has 0 saturated carbocycles. The third kappa shape index (κ3) is 3.96. The van der Waals surface area contributed by atoms with E-state index >= 15 is 0 Å². The van der Waals surface area contributed by atoms with E-state index in [0.717, 1.165) is 29.7 Å². The van der Waals surface area contributed by atoms with Crippen molar-refractivity contribution in [2.75, 3.05) is 11.2 Å². The fourth-order valence-corrected chi connectivity index (χ4v) is 4.48. The number of benzene rings is 2. The van der Waals surface area contributed by atoms with Crippen molar-refractivity contribution in [3.05, 3.63) is 77.8 Å². The zero-order valence-corrected chi connectivity index (χ0v) is 17.1. The molecule has 0 spiro atoms. The number of sulfone groups is 1. The number of furan rings is 1. The maximum atomic E-state index is 14.1. The topological polar surface area (TPSA) is 80.5 Å². The molecule has 6 nitrogen and oxygen atoms in total. The maximum Gasteiger partial charge on any atom is 0.260 e. The first kappa shape index (κ1) is 20.2. The summed E-state index contributed by atoms with van der Waals surface area (Å²) >= 11 is 0.962. The first-order chi connectivity index (χ1) is 14.2. The third-order valence-electron chi connectivity index (χ3n) is 4.30. The molecule has 0 fully saturated rings. The summed E-state index contributed by atoms with van der Waals surface area (Å²) in [5.41, 5.74) is 0.168. The van der Waals surface area contributed by atoms with Crippen LogP contribution in [0, 0.1) is 11.6 Å². The summed E-state index contributed by atoms with van der Waals surface area (Å²) in [5, 5.41) is 0.156. The predicted octanol–water partition coefficient (Wildman–Crippen LogP) is 4.42. The highest BCUT2D eigenvalue weighted by atomic mass is 32.2. The normalized spacial score (nSPS) is 11.7. The fraction of sp³-hybridized carbons (Fsp3) is 0.100. The number of rotatable bonds is 5. The van der Waals surface area contributed by atoms with Crippen LogP contribution in [0.2, 0.25) is 0 Å². The maximum absolute atomic E-state index is 14.1. The Bertz CT molecular complexity index is 1330. The Labute approximate surface area is 174 Å². The minimum Gasteiger partial charge on any atom is -0.467 e. The molecular weight excluding hydrogens is 434 g/mol. The summed E-state index contributed by atoms with van der Waals surface area (Å²) in [6.45, 7) is 0.00356. The van der Waals surface area contributed by atoms with Gasteiger partial charge >= 0.3 is 0 Å². The van der Waals surface area contributed by atoms with Crippen LogP contribution in [0.25, 0.3) is 10.2 Å². The quantitative estimate of drug-likeness (QED) is 0.452. The fourth-order valence-electron chi connectivity index (χ4n) is 2.85. The molecule has 0 aliphatic rings. The van der Waals surface area contributed by atoms with Crippen molar-refractivity contribution in [2.45, 2.75) is 11.4 Å². The number of aromatic nitrogens is 1. The molecule has 0 unspecified atom stereocenters. The van der Waals surface area contributed by atoms with Crippen LogP contribution in [0.5, 0.6) is 0 Å². The number of hydrogen-bond donors (Lipinski definition) is 0. The minimum atomic E-state index is -3.41. The number of carbonyl (C=O) groups excluding carboxylic acids is 1. The second kappa shape index (κ2) is 7.62. The highest BCUT2D eigenvalue weighted by molar-refractivity contribution is 7.90. The molecule has 2 aromatic carbocycles. The van der Waals surface area contributed by atoms with Gasteiger partial charge in [0.1, 0.15) is 17.1 Å². The van der Waals surface area contributed by atoms with Gasteiger partial charge in [0.2, 0.25) is 0 Å². The van der Waals surface area contributed by atoms with Crippen LogP contribution < -0.4 is 4.90 Å². The Hall–Kier alpha value is -3.11. The Morgan fingerprint density at radius 2 is 1.90 bits per heavy atom. The van der Waals surface area contributed by atoms with Gasteiger partial charge in [0.05, 0.1) is 22.4 Å². The second-order valence-electron chi connectivity index (χ2n) is 6.50. The molecule has 10 heteroatoms. The van der Waals surface area contributed by atoms with Gasteiger partial charge in [-0.25, -0.2) is 22.2 Å². The average molecular weight is 448 g/mol. The van der Waals surface area contributed by atoms with Crippen molar-refractivity contribution in [3.8, 4) is 0 Å². The Kier molecular flexibility index (Phi) is 5.12. The Morgan fingerprint density at radius 1 is 1.17 bits per heavy atom. The van der Waals surface area contributed by atoms with Crippen LogP contribution in [0.4, 0.5) is 13.9 Å². The molecule has 30 heavy (non-hydrogen) atoms. The van der Waals surface area contributed by atoms with Gasteiger partial charge in [0.25, 0.3) is 5.91 Å². The van der Waals surface area contributed by atoms with Gasteiger partial charge < -0.3 is 4.42 Å². The highest BCUT2D eigenvalue weighted by Crippen LogP contribution is 2.33. The van der Waals surface area contributed by atoms with Crippen LogP contribution in [0.15, 0.2) is 64.1 Å². The lowest BCUT2D eigenvalue weighted by Gasteiger charge is -2.19. The van der Waals surface area contributed by atoms with Gasteiger partial charge in [-0.2, -0.15) is 0 Å². The SMILES string of the molecule is CS(=O)(=O)c1ccc(C(=O)N(Cc2ccco2)c2nc3c(F)cc(F)cc3s2)cc1. The molecule has 0 radical (unpaired) electrons. The van der Waals surface area contributed by atoms with Crippen molar-refractivity contribution >= 4 is 42.4 Å². The summed E-state index contributed by atoms with van der Waals surface area (Å²) in [5.74, 6) is -1.60. The highest BCUT2D eigenvalue weighted by Gasteiger charge is 2.24. The van der Waals surface area contributed by atoms with E-state index in [-0.39, 0.29) is 32.4 Å². The lowest BCUT2D eigenvalue weighted by Crippen LogP contribution is -2.30. The lowest BCUT2D eigenvalue weighted by molar-refractivity contribution is 0.0983. The van der Waals surface area contributed by atoms with Crippen LogP contribution in [0.1, 0.15) is 16.1 Å². The summed E-state index contributed by atoms with van der Waals surface area (Å²) in [6.07, 6.45) is 2.52. The van der Waals surface area contributed by atoms with Crippen molar-refractivity contribution in [1.82, 2.24) is 4.98 Å². The Morgan fingerprint density at radius 3 is 2.53 bits per heavy atom. The number of hydrogen-bond acceptors (Lipinski definition) is 6. The first-order valence-corrected chi connectivity index (χ1v) is 11.3. The first-order valence-electron chi connectivity index (χ1n) is 8.62. The smallest absolute Gasteiger partial charge is 0.260 e. The lowest BCUT2D eigenvalue weighted by atomic mass is 10.2. The van der Waals surface area contributed by atoms with Gasteiger partial charge in [-0.05, 0) is 42.5 Å². The van der Waals surface area contributed by atoms with Gasteiger partial charge in [-0.15, -0.1) is 0 Å². The van der Waals surface area contributed by atoms with Crippen molar-refractivity contribution < 1.29 is 26.4 Å². The second-order valence-corrected chi connectivity index (χ2v) is 9.52. The number of nitrogens with zero attached hydrogens (tertiary/aromatic N) is 2. The van der Waals surface area contributed by atoms with Crippen LogP contribution in [-0.4, -0.2) is 25.6 Å². The van der Waals surface area contributed by atoms with E-state index in [1.54, 1.807) is 12.1 Å². The summed E-state index contributed by atoms with van der Waals surface area (Å²) in [4.78, 5) is 18.7.